The number of rotatable bonds is 1. The maximum Gasteiger partial charge on any atom is 0.161 e. The van der Waals surface area contributed by atoms with Crippen molar-refractivity contribution in [3.8, 4) is 0 Å². The third-order valence-corrected chi connectivity index (χ3v) is 3.11. The highest BCUT2D eigenvalue weighted by Crippen LogP contribution is 2.29. The Labute approximate surface area is 97.1 Å². The first kappa shape index (κ1) is 11.3. The maximum atomic E-state index is 13.1. The molecule has 2 aromatic rings. The van der Waals surface area contributed by atoms with Gasteiger partial charge in [-0.2, -0.15) is 0 Å². The summed E-state index contributed by atoms with van der Waals surface area (Å²) in [4.78, 5) is 4.26. The zero-order valence-corrected chi connectivity index (χ0v) is 9.70. The van der Waals surface area contributed by atoms with E-state index >= 15 is 0 Å². The highest BCUT2D eigenvalue weighted by molar-refractivity contribution is 6.36. The molecule has 84 valence electrons. The molecule has 16 heavy (non-hydrogen) atoms. The number of hydrogen-bond acceptors (Lipinski definition) is 1. The minimum absolute atomic E-state index is 0.395. The van der Waals surface area contributed by atoms with Crippen LogP contribution in [-0.2, 0) is 6.42 Å². The standard InChI is InChI=1S/C12H10ClF2N/c1-3-10-6(2)12(13)7-4-8(14)9(15)5-11(7)16-10/h4-5H,3H2,1-2H3. The lowest BCUT2D eigenvalue weighted by atomic mass is 10.1. The van der Waals surface area contributed by atoms with E-state index in [1.54, 1.807) is 0 Å². The fourth-order valence-corrected chi connectivity index (χ4v) is 1.97. The molecule has 0 saturated heterocycles. The molecule has 0 aliphatic rings. The van der Waals surface area contributed by atoms with Crippen LogP contribution in [-0.4, -0.2) is 4.98 Å². The molecule has 0 aliphatic heterocycles. The molecular formula is C12H10ClF2N. The minimum Gasteiger partial charge on any atom is -0.252 e. The summed E-state index contributed by atoms with van der Waals surface area (Å²) in [5.74, 6) is -1.80. The van der Waals surface area contributed by atoms with Gasteiger partial charge in [0.05, 0.1) is 10.5 Å². The Hall–Kier alpha value is -1.22. The smallest absolute Gasteiger partial charge is 0.161 e. The van der Waals surface area contributed by atoms with Crippen molar-refractivity contribution < 1.29 is 8.78 Å². The Bertz CT molecular complexity index is 567. The quantitative estimate of drug-likeness (QED) is 0.734. The van der Waals surface area contributed by atoms with Gasteiger partial charge in [0.15, 0.2) is 11.6 Å². The van der Waals surface area contributed by atoms with E-state index in [4.69, 9.17) is 11.6 Å². The first-order valence-electron chi connectivity index (χ1n) is 4.98. The first-order valence-corrected chi connectivity index (χ1v) is 5.36. The molecule has 0 aliphatic carbocycles. The van der Waals surface area contributed by atoms with E-state index in [2.05, 4.69) is 4.98 Å². The lowest BCUT2D eigenvalue weighted by Gasteiger charge is -2.08. The van der Waals surface area contributed by atoms with Gasteiger partial charge in [-0.05, 0) is 25.0 Å². The van der Waals surface area contributed by atoms with Gasteiger partial charge in [0.1, 0.15) is 0 Å². The third kappa shape index (κ3) is 1.65. The van der Waals surface area contributed by atoms with Gasteiger partial charge >= 0.3 is 0 Å². The molecule has 1 nitrogen and oxygen atoms in total. The zero-order valence-electron chi connectivity index (χ0n) is 8.94. The summed E-state index contributed by atoms with van der Waals surface area (Å²) in [7, 11) is 0. The Morgan fingerprint density at radius 2 is 1.88 bits per heavy atom. The van der Waals surface area contributed by atoms with E-state index < -0.39 is 11.6 Å². The predicted molar refractivity (Wildman–Crippen MR) is 60.8 cm³/mol. The van der Waals surface area contributed by atoms with Crippen LogP contribution in [0.5, 0.6) is 0 Å². The molecule has 0 amide bonds. The van der Waals surface area contributed by atoms with Gasteiger partial charge in [-0.25, -0.2) is 8.78 Å². The molecule has 2 rings (SSSR count). The number of benzene rings is 1. The highest BCUT2D eigenvalue weighted by atomic mass is 35.5. The Balaban J connectivity index is 2.87. The van der Waals surface area contributed by atoms with Crippen molar-refractivity contribution in [3.05, 3.63) is 40.0 Å². The lowest BCUT2D eigenvalue weighted by molar-refractivity contribution is 0.510. The fourth-order valence-electron chi connectivity index (χ4n) is 1.71. The lowest BCUT2D eigenvalue weighted by Crippen LogP contribution is -1.96. The van der Waals surface area contributed by atoms with Gasteiger partial charge in [0, 0.05) is 17.1 Å². The van der Waals surface area contributed by atoms with Crippen molar-refractivity contribution in [1.29, 1.82) is 0 Å². The summed E-state index contributed by atoms with van der Waals surface area (Å²) in [6, 6.07) is 2.17. The molecule has 0 spiro atoms. The van der Waals surface area contributed by atoms with Crippen molar-refractivity contribution in [2.24, 2.45) is 0 Å². The summed E-state index contributed by atoms with van der Waals surface area (Å²) in [6.45, 7) is 3.77. The zero-order chi connectivity index (χ0) is 11.9. The molecule has 1 aromatic carbocycles. The van der Waals surface area contributed by atoms with Crippen LogP contribution in [0, 0.1) is 18.6 Å². The van der Waals surface area contributed by atoms with Crippen molar-refractivity contribution in [2.75, 3.05) is 0 Å². The van der Waals surface area contributed by atoms with Crippen LogP contribution in [0.2, 0.25) is 5.02 Å². The van der Waals surface area contributed by atoms with E-state index in [1.807, 2.05) is 13.8 Å². The van der Waals surface area contributed by atoms with E-state index in [0.29, 0.717) is 22.3 Å². The molecule has 0 fully saturated rings. The molecule has 1 aromatic heterocycles. The number of pyridine rings is 1. The van der Waals surface area contributed by atoms with E-state index in [1.165, 1.54) is 0 Å². The summed E-state index contributed by atoms with van der Waals surface area (Å²) >= 11 is 6.11. The van der Waals surface area contributed by atoms with Crippen LogP contribution in [0.1, 0.15) is 18.2 Å². The first-order chi connectivity index (χ1) is 7.54. The normalized spacial score (nSPS) is 11.1. The SMILES string of the molecule is CCc1nc2cc(F)c(F)cc2c(Cl)c1C. The number of fused-ring (bicyclic) bond motifs is 1. The van der Waals surface area contributed by atoms with Gasteiger partial charge in [0.25, 0.3) is 0 Å². The predicted octanol–water partition coefficient (Wildman–Crippen LogP) is 4.04. The Morgan fingerprint density at radius 3 is 2.50 bits per heavy atom. The Morgan fingerprint density at radius 1 is 1.25 bits per heavy atom. The highest BCUT2D eigenvalue weighted by Gasteiger charge is 2.12. The van der Waals surface area contributed by atoms with Crippen LogP contribution in [0.15, 0.2) is 12.1 Å². The number of nitrogens with zero attached hydrogens (tertiary/aromatic N) is 1. The second kappa shape index (κ2) is 3.98. The number of aryl methyl sites for hydroxylation is 1. The summed E-state index contributed by atoms with van der Waals surface area (Å²) in [5, 5.41) is 0.899. The van der Waals surface area contributed by atoms with Gasteiger partial charge < -0.3 is 0 Å². The molecule has 1 heterocycles. The largest absolute Gasteiger partial charge is 0.252 e. The molecule has 0 N–H and O–H groups in total. The molecule has 0 bridgehead atoms. The van der Waals surface area contributed by atoms with E-state index in [0.717, 1.165) is 23.4 Å². The summed E-state index contributed by atoms with van der Waals surface area (Å²) < 4.78 is 26.1. The average Bonchev–Trinajstić information content (AvgIpc) is 2.26. The van der Waals surface area contributed by atoms with Crippen molar-refractivity contribution in [2.45, 2.75) is 20.3 Å². The van der Waals surface area contributed by atoms with E-state index in [-0.39, 0.29) is 0 Å². The monoisotopic (exact) mass is 241 g/mol. The Kier molecular flexibility index (Phi) is 2.80. The van der Waals surface area contributed by atoms with Gasteiger partial charge in [-0.1, -0.05) is 18.5 Å². The molecule has 4 heteroatoms. The van der Waals surface area contributed by atoms with Crippen molar-refractivity contribution in [1.82, 2.24) is 4.98 Å². The second-order valence-corrected chi connectivity index (χ2v) is 4.01. The number of halogens is 3. The van der Waals surface area contributed by atoms with Gasteiger partial charge in [-0.3, -0.25) is 4.98 Å². The van der Waals surface area contributed by atoms with E-state index in [9.17, 15) is 8.78 Å². The van der Waals surface area contributed by atoms with Crippen LogP contribution < -0.4 is 0 Å². The molecule has 0 saturated carbocycles. The molecule has 0 unspecified atom stereocenters. The number of aromatic nitrogens is 1. The molecular weight excluding hydrogens is 232 g/mol. The number of hydrogen-bond donors (Lipinski definition) is 0. The van der Waals surface area contributed by atoms with Crippen LogP contribution in [0.4, 0.5) is 8.78 Å². The molecule has 0 radical (unpaired) electrons. The fraction of sp³-hybridized carbons (Fsp3) is 0.250. The van der Waals surface area contributed by atoms with Gasteiger partial charge in [-0.15, -0.1) is 0 Å². The summed E-state index contributed by atoms with van der Waals surface area (Å²) in [6.07, 6.45) is 0.709. The topological polar surface area (TPSA) is 12.9 Å². The van der Waals surface area contributed by atoms with Crippen molar-refractivity contribution >= 4 is 22.5 Å². The van der Waals surface area contributed by atoms with Gasteiger partial charge in [0.2, 0.25) is 0 Å². The van der Waals surface area contributed by atoms with Crippen LogP contribution in [0.3, 0.4) is 0 Å². The third-order valence-electron chi connectivity index (χ3n) is 2.63. The minimum atomic E-state index is -0.903. The second-order valence-electron chi connectivity index (χ2n) is 3.63. The molecule has 0 atom stereocenters. The maximum absolute atomic E-state index is 13.1. The van der Waals surface area contributed by atoms with Crippen LogP contribution in [0.25, 0.3) is 10.9 Å². The van der Waals surface area contributed by atoms with Crippen LogP contribution >= 0.6 is 11.6 Å². The summed E-state index contributed by atoms with van der Waals surface area (Å²) in [5.41, 5.74) is 2.03. The average molecular weight is 242 g/mol. The van der Waals surface area contributed by atoms with Crippen molar-refractivity contribution in [3.63, 3.8) is 0 Å².